The molecule has 1 aliphatic rings. The van der Waals surface area contributed by atoms with Crippen molar-refractivity contribution in [1.82, 2.24) is 0 Å². The number of carbonyl (C=O) groups excluding carboxylic acids is 2. The van der Waals surface area contributed by atoms with Gasteiger partial charge in [-0.15, -0.1) is 0 Å². The van der Waals surface area contributed by atoms with Crippen LogP contribution in [0.2, 0.25) is 0 Å². The minimum Gasteiger partial charge on any atom is -0.545 e. The molecule has 6 nitrogen and oxygen atoms in total. The van der Waals surface area contributed by atoms with E-state index in [0.717, 1.165) is 0 Å². The van der Waals surface area contributed by atoms with E-state index >= 15 is 0 Å². The highest BCUT2D eigenvalue weighted by Gasteiger charge is 2.23. The van der Waals surface area contributed by atoms with Crippen LogP contribution < -0.4 is 15.8 Å². The van der Waals surface area contributed by atoms with Crippen LogP contribution in [0, 0.1) is 0 Å². The number of amides is 1. The zero-order valence-corrected chi connectivity index (χ0v) is 9.14. The summed E-state index contributed by atoms with van der Waals surface area (Å²) in [6.07, 6.45) is 0.266. The molecule has 0 saturated carbocycles. The highest BCUT2D eigenvalue weighted by atomic mass is 16.4. The quantitative estimate of drug-likeness (QED) is 0.710. The maximum absolute atomic E-state index is 11.6. The van der Waals surface area contributed by atoms with E-state index in [9.17, 15) is 14.7 Å². The maximum atomic E-state index is 11.6. The Morgan fingerprint density at radius 1 is 1.53 bits per heavy atom. The number of carboxylic acid groups (broad SMARTS) is 1. The van der Waals surface area contributed by atoms with E-state index in [1.165, 1.54) is 23.2 Å². The van der Waals surface area contributed by atoms with Crippen LogP contribution in [0.25, 0.3) is 0 Å². The number of carbonyl (C=O) groups is 2. The van der Waals surface area contributed by atoms with E-state index in [1.807, 2.05) is 0 Å². The number of hydrazone groups is 1. The van der Waals surface area contributed by atoms with Gasteiger partial charge < -0.3 is 15.6 Å². The molecule has 1 heterocycles. The van der Waals surface area contributed by atoms with Crippen molar-refractivity contribution in [3.05, 3.63) is 23.8 Å². The summed E-state index contributed by atoms with van der Waals surface area (Å²) in [5.41, 5.74) is 6.68. The standard InChI is InChI=1S/C11H11N3O3/c1-6-4-10(15)14(13-6)7-2-3-8(11(16)17)9(12)5-7/h2-3,5H,4,12H2,1H3,(H,16,17)/p-1. The number of rotatable bonds is 2. The fourth-order valence-electron chi connectivity index (χ4n) is 1.63. The van der Waals surface area contributed by atoms with Crippen molar-refractivity contribution >= 4 is 29.0 Å². The minimum atomic E-state index is -1.35. The van der Waals surface area contributed by atoms with Crippen LogP contribution in [0.4, 0.5) is 11.4 Å². The van der Waals surface area contributed by atoms with Crippen LogP contribution in [0.15, 0.2) is 23.3 Å². The van der Waals surface area contributed by atoms with Crippen LogP contribution >= 0.6 is 0 Å². The van der Waals surface area contributed by atoms with Crippen molar-refractivity contribution in [2.45, 2.75) is 13.3 Å². The first-order valence-corrected chi connectivity index (χ1v) is 4.97. The number of carboxylic acids is 1. The minimum absolute atomic E-state index is 0.0510. The Morgan fingerprint density at radius 2 is 2.24 bits per heavy atom. The van der Waals surface area contributed by atoms with E-state index in [4.69, 9.17) is 5.73 Å². The van der Waals surface area contributed by atoms with Crippen molar-refractivity contribution in [3.8, 4) is 0 Å². The number of anilines is 2. The Bertz CT molecular complexity index is 537. The second kappa shape index (κ2) is 3.89. The summed E-state index contributed by atoms with van der Waals surface area (Å²) in [6, 6.07) is 4.17. The van der Waals surface area contributed by atoms with Gasteiger partial charge in [0.05, 0.1) is 18.1 Å². The van der Waals surface area contributed by atoms with Crippen LogP contribution in [0.1, 0.15) is 23.7 Å². The van der Waals surface area contributed by atoms with Gasteiger partial charge in [-0.2, -0.15) is 5.10 Å². The first-order valence-electron chi connectivity index (χ1n) is 4.97. The smallest absolute Gasteiger partial charge is 0.253 e. The van der Waals surface area contributed by atoms with Gasteiger partial charge in [0.15, 0.2) is 0 Å². The fourth-order valence-corrected chi connectivity index (χ4v) is 1.63. The average Bonchev–Trinajstić information content (AvgIpc) is 2.57. The van der Waals surface area contributed by atoms with E-state index in [2.05, 4.69) is 5.10 Å². The lowest BCUT2D eigenvalue weighted by atomic mass is 10.1. The van der Waals surface area contributed by atoms with Gasteiger partial charge >= 0.3 is 0 Å². The molecular weight excluding hydrogens is 222 g/mol. The van der Waals surface area contributed by atoms with Crippen LogP contribution in [0.5, 0.6) is 0 Å². The van der Waals surface area contributed by atoms with E-state index in [1.54, 1.807) is 6.92 Å². The van der Waals surface area contributed by atoms with Crippen molar-refractivity contribution in [2.24, 2.45) is 5.10 Å². The molecule has 0 atom stereocenters. The lowest BCUT2D eigenvalue weighted by molar-refractivity contribution is -0.254. The highest BCUT2D eigenvalue weighted by Crippen LogP contribution is 2.24. The molecule has 0 spiro atoms. The summed E-state index contributed by atoms with van der Waals surface area (Å²) >= 11 is 0. The number of nitrogens with two attached hydrogens (primary N) is 1. The second-order valence-electron chi connectivity index (χ2n) is 3.78. The molecule has 1 amide bonds. The number of hydrogen-bond donors (Lipinski definition) is 1. The summed E-state index contributed by atoms with van der Waals surface area (Å²) in [5.74, 6) is -1.51. The molecule has 0 aliphatic carbocycles. The maximum Gasteiger partial charge on any atom is 0.253 e. The van der Waals surface area contributed by atoms with Gasteiger partial charge in [0.2, 0.25) is 0 Å². The van der Waals surface area contributed by atoms with Gasteiger partial charge in [-0.25, -0.2) is 5.01 Å². The Kier molecular flexibility index (Phi) is 2.55. The molecule has 6 heteroatoms. The molecule has 0 bridgehead atoms. The molecule has 0 fully saturated rings. The van der Waals surface area contributed by atoms with E-state index in [-0.39, 0.29) is 23.6 Å². The number of aromatic carboxylic acids is 1. The van der Waals surface area contributed by atoms with Crippen LogP contribution in [-0.2, 0) is 4.79 Å². The number of nitrogen functional groups attached to an aromatic ring is 1. The molecule has 88 valence electrons. The monoisotopic (exact) mass is 232 g/mol. The summed E-state index contributed by atoms with van der Waals surface area (Å²) in [5, 5.41) is 15.9. The SMILES string of the molecule is CC1=NN(c2ccc(C(=O)[O-])c(N)c2)C(=O)C1. The average molecular weight is 232 g/mol. The van der Waals surface area contributed by atoms with Gasteiger partial charge in [0.25, 0.3) is 5.91 Å². The molecule has 1 aromatic rings. The first kappa shape index (κ1) is 11.1. The Balaban J connectivity index is 2.39. The molecule has 1 aromatic carbocycles. The molecule has 17 heavy (non-hydrogen) atoms. The Hall–Kier alpha value is -2.37. The van der Waals surface area contributed by atoms with Crippen molar-refractivity contribution in [1.29, 1.82) is 0 Å². The van der Waals surface area contributed by atoms with Gasteiger partial charge in [-0.1, -0.05) is 0 Å². The molecule has 0 saturated heterocycles. The van der Waals surface area contributed by atoms with E-state index < -0.39 is 5.97 Å². The second-order valence-corrected chi connectivity index (χ2v) is 3.78. The topological polar surface area (TPSA) is 98.8 Å². The third-order valence-electron chi connectivity index (χ3n) is 2.41. The third kappa shape index (κ3) is 1.96. The van der Waals surface area contributed by atoms with Crippen LogP contribution in [0.3, 0.4) is 0 Å². The van der Waals surface area contributed by atoms with Crippen molar-refractivity contribution in [3.63, 3.8) is 0 Å². The van der Waals surface area contributed by atoms with Gasteiger partial charge in [-0.3, -0.25) is 4.79 Å². The van der Waals surface area contributed by atoms with E-state index in [0.29, 0.717) is 11.4 Å². The summed E-state index contributed by atoms with van der Waals surface area (Å²) < 4.78 is 0. The lowest BCUT2D eigenvalue weighted by Gasteiger charge is -2.14. The Morgan fingerprint density at radius 3 is 2.71 bits per heavy atom. The predicted molar refractivity (Wildman–Crippen MR) is 60.4 cm³/mol. The number of nitrogens with zero attached hydrogens (tertiary/aromatic N) is 2. The van der Waals surface area contributed by atoms with Gasteiger partial charge in [0.1, 0.15) is 0 Å². The van der Waals surface area contributed by atoms with Crippen molar-refractivity contribution in [2.75, 3.05) is 10.7 Å². The fraction of sp³-hybridized carbons (Fsp3) is 0.182. The normalized spacial score (nSPS) is 15.0. The van der Waals surface area contributed by atoms with Gasteiger partial charge in [-0.05, 0) is 25.1 Å². The number of benzene rings is 1. The lowest BCUT2D eigenvalue weighted by Crippen LogP contribution is -2.24. The zero-order valence-electron chi connectivity index (χ0n) is 9.14. The largest absolute Gasteiger partial charge is 0.545 e. The molecule has 1 aliphatic heterocycles. The molecule has 0 aromatic heterocycles. The highest BCUT2D eigenvalue weighted by molar-refractivity contribution is 6.12. The molecule has 0 radical (unpaired) electrons. The molecule has 2 rings (SSSR count). The predicted octanol–water partition coefficient (Wildman–Crippen LogP) is -0.255. The van der Waals surface area contributed by atoms with Gasteiger partial charge in [0, 0.05) is 17.0 Å². The molecule has 2 N–H and O–H groups in total. The molecule has 0 unspecified atom stereocenters. The summed E-state index contributed by atoms with van der Waals surface area (Å²) in [6.45, 7) is 1.75. The molecular formula is C11H10N3O3-. The van der Waals surface area contributed by atoms with Crippen molar-refractivity contribution < 1.29 is 14.7 Å². The first-order chi connectivity index (χ1) is 7.99. The van der Waals surface area contributed by atoms with Crippen LogP contribution in [-0.4, -0.2) is 17.6 Å². The number of hydrogen-bond acceptors (Lipinski definition) is 5. The summed E-state index contributed by atoms with van der Waals surface area (Å²) in [7, 11) is 0. The summed E-state index contributed by atoms with van der Waals surface area (Å²) in [4.78, 5) is 22.2. The Labute approximate surface area is 97.3 Å². The zero-order chi connectivity index (χ0) is 12.6. The third-order valence-corrected chi connectivity index (χ3v) is 2.41.